The molecule has 0 aliphatic heterocycles. The zero-order valence-electron chi connectivity index (χ0n) is 12.8. The number of halogens is 1. The lowest BCUT2D eigenvalue weighted by Gasteiger charge is -2.09. The highest BCUT2D eigenvalue weighted by Crippen LogP contribution is 2.14. The van der Waals surface area contributed by atoms with E-state index in [0.29, 0.717) is 24.3 Å². The summed E-state index contributed by atoms with van der Waals surface area (Å²) < 4.78 is 5.27. The van der Waals surface area contributed by atoms with Crippen LogP contribution in [-0.4, -0.2) is 25.2 Å². The van der Waals surface area contributed by atoms with Gasteiger partial charge >= 0.3 is 5.69 Å². The molecule has 3 rings (SSSR count). The zero-order valence-corrected chi connectivity index (χ0v) is 14.4. The second kappa shape index (κ2) is 6.04. The Bertz CT molecular complexity index is 968. The van der Waals surface area contributed by atoms with Crippen molar-refractivity contribution in [3.8, 4) is 0 Å². The van der Waals surface area contributed by atoms with Crippen molar-refractivity contribution in [3.63, 3.8) is 0 Å². The number of hydrogen-bond acceptors (Lipinski definition) is 4. The van der Waals surface area contributed by atoms with Crippen LogP contribution in [0.25, 0.3) is 11.2 Å². The third-order valence-electron chi connectivity index (χ3n) is 3.74. The highest BCUT2D eigenvalue weighted by molar-refractivity contribution is 9.10. The summed E-state index contributed by atoms with van der Waals surface area (Å²) in [5, 5.41) is 3.29. The monoisotopic (exact) mass is 377 g/mol. The van der Waals surface area contributed by atoms with Gasteiger partial charge in [0.15, 0.2) is 11.2 Å². The molecule has 0 atom stereocenters. The molecule has 0 spiro atoms. The van der Waals surface area contributed by atoms with Crippen LogP contribution in [0.5, 0.6) is 0 Å². The Balaban J connectivity index is 1.85. The van der Waals surface area contributed by atoms with Crippen molar-refractivity contribution in [1.82, 2.24) is 18.7 Å². The van der Waals surface area contributed by atoms with Gasteiger partial charge < -0.3 is 9.88 Å². The molecule has 120 valence electrons. The number of benzene rings is 1. The molecule has 2 aromatic heterocycles. The Morgan fingerprint density at radius 1 is 1.13 bits per heavy atom. The lowest BCUT2D eigenvalue weighted by molar-refractivity contribution is 0.695. The minimum Gasteiger partial charge on any atom is -0.383 e. The molecule has 0 aliphatic carbocycles. The van der Waals surface area contributed by atoms with E-state index in [2.05, 4.69) is 26.2 Å². The van der Waals surface area contributed by atoms with Crippen LogP contribution in [0.2, 0.25) is 0 Å². The maximum atomic E-state index is 12.3. The van der Waals surface area contributed by atoms with Gasteiger partial charge in [0.25, 0.3) is 5.56 Å². The molecule has 0 saturated carbocycles. The van der Waals surface area contributed by atoms with Gasteiger partial charge in [0.2, 0.25) is 0 Å². The number of rotatable bonds is 4. The first-order valence-corrected chi connectivity index (χ1v) is 7.88. The number of aryl methyl sites for hydroxylation is 1. The molecule has 0 aliphatic rings. The molecular weight excluding hydrogens is 362 g/mol. The van der Waals surface area contributed by atoms with Crippen LogP contribution in [0.4, 0.5) is 5.69 Å². The summed E-state index contributed by atoms with van der Waals surface area (Å²) >= 11 is 3.39. The van der Waals surface area contributed by atoms with Crippen LogP contribution >= 0.6 is 15.9 Å². The van der Waals surface area contributed by atoms with E-state index in [1.807, 2.05) is 24.3 Å². The Hall–Kier alpha value is -2.35. The quantitative estimate of drug-likeness (QED) is 0.743. The molecule has 8 heteroatoms. The number of imidazole rings is 1. The van der Waals surface area contributed by atoms with E-state index in [1.54, 1.807) is 17.9 Å². The maximum absolute atomic E-state index is 12.3. The second-order valence-electron chi connectivity index (χ2n) is 5.25. The molecule has 0 bridgehead atoms. The highest BCUT2D eigenvalue weighted by Gasteiger charge is 2.13. The van der Waals surface area contributed by atoms with Crippen molar-refractivity contribution in [3.05, 3.63) is 55.9 Å². The summed E-state index contributed by atoms with van der Waals surface area (Å²) in [5.74, 6) is 0. The molecule has 1 N–H and O–H groups in total. The minimum atomic E-state index is -0.374. The first-order valence-electron chi connectivity index (χ1n) is 7.09. The van der Waals surface area contributed by atoms with E-state index in [0.717, 1.165) is 14.7 Å². The number of nitrogens with one attached hydrogen (secondary N) is 1. The summed E-state index contributed by atoms with van der Waals surface area (Å²) in [4.78, 5) is 28.4. The van der Waals surface area contributed by atoms with Gasteiger partial charge in [-0.15, -0.1) is 0 Å². The van der Waals surface area contributed by atoms with E-state index < -0.39 is 0 Å². The fourth-order valence-electron chi connectivity index (χ4n) is 2.45. The van der Waals surface area contributed by atoms with Crippen LogP contribution in [0.1, 0.15) is 0 Å². The summed E-state index contributed by atoms with van der Waals surface area (Å²) in [7, 11) is 3.09. The van der Waals surface area contributed by atoms with E-state index in [-0.39, 0.29) is 11.2 Å². The Labute approximate surface area is 140 Å². The van der Waals surface area contributed by atoms with Crippen molar-refractivity contribution in [1.29, 1.82) is 0 Å². The Morgan fingerprint density at radius 2 is 1.83 bits per heavy atom. The fourth-order valence-corrected chi connectivity index (χ4v) is 2.72. The van der Waals surface area contributed by atoms with Gasteiger partial charge in [0, 0.05) is 37.3 Å². The predicted molar refractivity (Wildman–Crippen MR) is 92.8 cm³/mol. The average Bonchev–Trinajstić information content (AvgIpc) is 2.97. The number of anilines is 1. The summed E-state index contributed by atoms with van der Waals surface area (Å²) in [6, 6.07) is 7.86. The van der Waals surface area contributed by atoms with E-state index in [4.69, 9.17) is 0 Å². The highest BCUT2D eigenvalue weighted by atomic mass is 79.9. The first kappa shape index (κ1) is 15.5. The largest absolute Gasteiger partial charge is 0.383 e. The van der Waals surface area contributed by atoms with Crippen molar-refractivity contribution >= 4 is 32.8 Å². The van der Waals surface area contributed by atoms with Crippen LogP contribution < -0.4 is 16.6 Å². The molecule has 3 aromatic rings. The summed E-state index contributed by atoms with van der Waals surface area (Å²) in [6.45, 7) is 1.21. The molecule has 0 unspecified atom stereocenters. The normalized spacial score (nSPS) is 11.1. The van der Waals surface area contributed by atoms with Gasteiger partial charge in [-0.05, 0) is 24.3 Å². The molecule has 1 aromatic carbocycles. The van der Waals surface area contributed by atoms with Crippen LogP contribution in [0, 0.1) is 0 Å². The van der Waals surface area contributed by atoms with E-state index in [9.17, 15) is 9.59 Å². The molecule has 2 heterocycles. The molecule has 0 amide bonds. The number of hydrogen-bond donors (Lipinski definition) is 1. The smallest absolute Gasteiger partial charge is 0.332 e. The number of fused-ring (bicyclic) bond motifs is 1. The van der Waals surface area contributed by atoms with Gasteiger partial charge in [-0.1, -0.05) is 15.9 Å². The van der Waals surface area contributed by atoms with Crippen molar-refractivity contribution in [2.75, 3.05) is 11.9 Å². The summed E-state index contributed by atoms with van der Waals surface area (Å²) in [5.41, 5.74) is 1.14. The molecule has 0 fully saturated rings. The molecule has 0 radical (unpaired) electrons. The number of aromatic nitrogens is 4. The molecule has 23 heavy (non-hydrogen) atoms. The maximum Gasteiger partial charge on any atom is 0.332 e. The van der Waals surface area contributed by atoms with Gasteiger partial charge in [-0.2, -0.15) is 0 Å². The average molecular weight is 378 g/mol. The minimum absolute atomic E-state index is 0.329. The van der Waals surface area contributed by atoms with Crippen molar-refractivity contribution < 1.29 is 0 Å². The Morgan fingerprint density at radius 3 is 2.52 bits per heavy atom. The topological polar surface area (TPSA) is 73.8 Å². The molecular formula is C15H16BrN5O2. The van der Waals surface area contributed by atoms with Crippen LogP contribution in [0.3, 0.4) is 0 Å². The first-order chi connectivity index (χ1) is 11.0. The predicted octanol–water partition coefficient (Wildman–Crippen LogP) is 1.31. The summed E-state index contributed by atoms with van der Waals surface area (Å²) in [6.07, 6.45) is 1.59. The fraction of sp³-hybridized carbons (Fsp3) is 0.267. The lowest BCUT2D eigenvalue weighted by atomic mass is 10.3. The van der Waals surface area contributed by atoms with Crippen molar-refractivity contribution in [2.24, 2.45) is 14.1 Å². The van der Waals surface area contributed by atoms with Gasteiger partial charge in [0.05, 0.1) is 6.33 Å². The van der Waals surface area contributed by atoms with Gasteiger partial charge in [0.1, 0.15) is 0 Å². The lowest BCUT2D eigenvalue weighted by Crippen LogP contribution is -2.37. The van der Waals surface area contributed by atoms with Crippen molar-refractivity contribution in [2.45, 2.75) is 6.54 Å². The third kappa shape index (κ3) is 2.81. The molecule has 7 nitrogen and oxygen atoms in total. The SMILES string of the molecule is Cn1c(=O)c2c(ncn2CCNc2ccc(Br)cc2)n(C)c1=O. The van der Waals surface area contributed by atoms with Gasteiger partial charge in [-0.25, -0.2) is 9.78 Å². The molecule has 0 saturated heterocycles. The zero-order chi connectivity index (χ0) is 16.6. The van der Waals surface area contributed by atoms with E-state index >= 15 is 0 Å². The van der Waals surface area contributed by atoms with E-state index in [1.165, 1.54) is 11.6 Å². The second-order valence-corrected chi connectivity index (χ2v) is 6.17. The van der Waals surface area contributed by atoms with Gasteiger partial charge in [-0.3, -0.25) is 13.9 Å². The van der Waals surface area contributed by atoms with Crippen LogP contribution in [0.15, 0.2) is 44.7 Å². The van der Waals surface area contributed by atoms with Crippen LogP contribution in [-0.2, 0) is 20.6 Å². The Kier molecular flexibility index (Phi) is 4.08. The third-order valence-corrected chi connectivity index (χ3v) is 4.27. The standard InChI is InChI=1S/C15H16BrN5O2/c1-19-13-12(14(22)20(2)15(19)23)21(9-18-13)8-7-17-11-5-3-10(16)4-6-11/h3-6,9,17H,7-8H2,1-2H3. The number of nitrogens with zero attached hydrogens (tertiary/aromatic N) is 4.